The van der Waals surface area contributed by atoms with Crippen LogP contribution in [-0.2, 0) is 5.54 Å². The van der Waals surface area contributed by atoms with Crippen molar-refractivity contribution in [3.8, 4) is 11.5 Å². The minimum atomic E-state index is -0.588. The number of aromatic nitrogens is 1. The van der Waals surface area contributed by atoms with Crippen molar-refractivity contribution in [2.45, 2.75) is 19.4 Å². The maximum atomic E-state index is 12.3. The number of hydrogen-bond donors (Lipinski definition) is 2. The molecule has 1 aromatic carbocycles. The third-order valence-electron chi connectivity index (χ3n) is 3.24. The van der Waals surface area contributed by atoms with Gasteiger partial charge in [-0.1, -0.05) is 30.3 Å². The lowest BCUT2D eigenvalue weighted by atomic mass is 9.94. The molecule has 0 bridgehead atoms. The number of amides is 1. The summed E-state index contributed by atoms with van der Waals surface area (Å²) in [4.78, 5) is 16.3. The summed E-state index contributed by atoms with van der Waals surface area (Å²) in [5, 5.41) is 12.8. The first kappa shape index (κ1) is 14.8. The topological polar surface area (TPSA) is 71.5 Å². The molecule has 0 aliphatic rings. The van der Waals surface area contributed by atoms with Gasteiger partial charge >= 0.3 is 0 Å². The Labute approximate surface area is 123 Å². The number of rotatable bonds is 4. The highest BCUT2D eigenvalue weighted by atomic mass is 16.5. The van der Waals surface area contributed by atoms with Crippen LogP contribution < -0.4 is 10.1 Å². The highest BCUT2D eigenvalue weighted by molar-refractivity contribution is 5.96. The largest absolute Gasteiger partial charge is 0.503 e. The molecule has 0 radical (unpaired) electrons. The molecule has 1 amide bonds. The molecule has 21 heavy (non-hydrogen) atoms. The van der Waals surface area contributed by atoms with E-state index in [-0.39, 0.29) is 17.2 Å². The number of ether oxygens (including phenoxy) is 1. The molecule has 0 saturated carbocycles. The molecule has 0 atom stereocenters. The van der Waals surface area contributed by atoms with Crippen molar-refractivity contribution in [1.82, 2.24) is 10.3 Å². The molecular formula is C16H18N2O3. The summed E-state index contributed by atoms with van der Waals surface area (Å²) < 4.78 is 4.98. The average Bonchev–Trinajstić information content (AvgIpc) is 2.48. The van der Waals surface area contributed by atoms with Crippen molar-refractivity contribution in [2.24, 2.45) is 0 Å². The number of pyridine rings is 1. The number of aromatic hydroxyl groups is 1. The summed E-state index contributed by atoms with van der Waals surface area (Å²) in [7, 11) is 1.42. The molecule has 0 spiro atoms. The van der Waals surface area contributed by atoms with E-state index >= 15 is 0 Å². The van der Waals surface area contributed by atoms with Crippen LogP contribution in [0.2, 0.25) is 0 Å². The van der Waals surface area contributed by atoms with Gasteiger partial charge in [0.25, 0.3) is 5.91 Å². The van der Waals surface area contributed by atoms with Crippen LogP contribution in [0.1, 0.15) is 29.9 Å². The van der Waals surface area contributed by atoms with Gasteiger partial charge in [-0.2, -0.15) is 0 Å². The van der Waals surface area contributed by atoms with Crippen LogP contribution >= 0.6 is 0 Å². The number of hydrogen-bond acceptors (Lipinski definition) is 4. The number of nitrogens with zero attached hydrogens (tertiary/aromatic N) is 1. The molecule has 2 aromatic rings. The maximum absolute atomic E-state index is 12.3. The van der Waals surface area contributed by atoms with E-state index in [2.05, 4.69) is 10.3 Å². The minimum absolute atomic E-state index is 0.0571. The summed E-state index contributed by atoms with van der Waals surface area (Å²) >= 11 is 0. The lowest BCUT2D eigenvalue weighted by molar-refractivity contribution is 0.0903. The third kappa shape index (κ3) is 3.13. The molecule has 5 heteroatoms. The first-order valence-corrected chi connectivity index (χ1v) is 6.55. The number of methoxy groups -OCH3 is 1. The van der Waals surface area contributed by atoms with Gasteiger partial charge in [0.05, 0.1) is 12.6 Å². The van der Waals surface area contributed by atoms with Crippen molar-refractivity contribution < 1.29 is 14.6 Å². The average molecular weight is 286 g/mol. The van der Waals surface area contributed by atoms with E-state index in [4.69, 9.17) is 4.74 Å². The van der Waals surface area contributed by atoms with Gasteiger partial charge in [0.15, 0.2) is 17.2 Å². The number of carbonyl (C=O) groups is 1. The molecule has 110 valence electrons. The molecule has 2 rings (SSSR count). The van der Waals surface area contributed by atoms with Crippen molar-refractivity contribution >= 4 is 5.91 Å². The van der Waals surface area contributed by atoms with Crippen LogP contribution in [-0.4, -0.2) is 23.1 Å². The Bertz CT molecular complexity index is 639. The highest BCUT2D eigenvalue weighted by Crippen LogP contribution is 2.28. The minimum Gasteiger partial charge on any atom is -0.503 e. The Hall–Kier alpha value is -2.56. The predicted octanol–water partition coefficient (Wildman–Crippen LogP) is 2.46. The molecule has 0 fully saturated rings. The van der Waals surface area contributed by atoms with E-state index < -0.39 is 11.4 Å². The van der Waals surface area contributed by atoms with Crippen LogP contribution in [0.5, 0.6) is 11.5 Å². The molecular weight excluding hydrogens is 268 g/mol. The predicted molar refractivity (Wildman–Crippen MR) is 79.4 cm³/mol. The molecule has 1 heterocycles. The number of carbonyl (C=O) groups excluding carboxylic acids is 1. The van der Waals surface area contributed by atoms with E-state index in [1.54, 1.807) is 0 Å². The van der Waals surface area contributed by atoms with E-state index in [0.29, 0.717) is 0 Å². The molecule has 2 N–H and O–H groups in total. The van der Waals surface area contributed by atoms with Crippen LogP contribution in [0.3, 0.4) is 0 Å². The summed E-state index contributed by atoms with van der Waals surface area (Å²) in [6.45, 7) is 3.77. The van der Waals surface area contributed by atoms with Crippen molar-refractivity contribution in [3.05, 3.63) is 53.9 Å². The zero-order chi connectivity index (χ0) is 15.5. The lowest BCUT2D eigenvalue weighted by Crippen LogP contribution is -2.41. The van der Waals surface area contributed by atoms with Crippen molar-refractivity contribution in [2.75, 3.05) is 7.11 Å². The zero-order valence-electron chi connectivity index (χ0n) is 12.3. The van der Waals surface area contributed by atoms with Gasteiger partial charge < -0.3 is 15.2 Å². The third-order valence-corrected chi connectivity index (χ3v) is 3.24. The molecule has 5 nitrogen and oxygen atoms in total. The Kier molecular flexibility index (Phi) is 4.12. The van der Waals surface area contributed by atoms with Gasteiger partial charge in [0.2, 0.25) is 0 Å². The number of benzene rings is 1. The fourth-order valence-corrected chi connectivity index (χ4v) is 2.04. The summed E-state index contributed by atoms with van der Waals surface area (Å²) in [6.07, 6.45) is 1.42. The summed E-state index contributed by atoms with van der Waals surface area (Å²) in [5.74, 6) is -0.505. The quantitative estimate of drug-likeness (QED) is 0.905. The SMILES string of the molecule is COc1ccnc(C(=O)NC(C)(C)c2ccccc2)c1O. The molecule has 0 unspecified atom stereocenters. The van der Waals surface area contributed by atoms with E-state index in [1.165, 1.54) is 19.4 Å². The van der Waals surface area contributed by atoms with Gasteiger partial charge in [-0.3, -0.25) is 4.79 Å². The standard InChI is InChI=1S/C16H18N2O3/c1-16(2,11-7-5-4-6-8-11)18-15(20)13-14(19)12(21-3)9-10-17-13/h4-10,19H,1-3H3,(H,18,20). The lowest BCUT2D eigenvalue weighted by Gasteiger charge is -2.26. The number of nitrogens with one attached hydrogen (secondary N) is 1. The van der Waals surface area contributed by atoms with Crippen LogP contribution in [0.4, 0.5) is 0 Å². The monoisotopic (exact) mass is 286 g/mol. The first-order valence-electron chi connectivity index (χ1n) is 6.55. The zero-order valence-corrected chi connectivity index (χ0v) is 12.3. The first-order chi connectivity index (χ1) is 9.95. The smallest absolute Gasteiger partial charge is 0.274 e. The second-order valence-corrected chi connectivity index (χ2v) is 5.16. The van der Waals surface area contributed by atoms with E-state index in [0.717, 1.165) is 5.56 Å². The van der Waals surface area contributed by atoms with Crippen LogP contribution in [0.15, 0.2) is 42.6 Å². The van der Waals surface area contributed by atoms with Gasteiger partial charge in [0, 0.05) is 12.3 Å². The highest BCUT2D eigenvalue weighted by Gasteiger charge is 2.26. The molecule has 0 aliphatic heterocycles. The Morgan fingerprint density at radius 1 is 1.24 bits per heavy atom. The van der Waals surface area contributed by atoms with E-state index in [1.807, 2.05) is 44.2 Å². The fourth-order valence-electron chi connectivity index (χ4n) is 2.04. The second kappa shape index (κ2) is 5.83. The van der Waals surface area contributed by atoms with Crippen molar-refractivity contribution in [3.63, 3.8) is 0 Å². The normalized spacial score (nSPS) is 11.0. The second-order valence-electron chi connectivity index (χ2n) is 5.16. The van der Waals surface area contributed by atoms with Crippen LogP contribution in [0.25, 0.3) is 0 Å². The summed E-state index contributed by atoms with van der Waals surface area (Å²) in [6, 6.07) is 11.1. The van der Waals surface area contributed by atoms with E-state index in [9.17, 15) is 9.90 Å². The van der Waals surface area contributed by atoms with Gasteiger partial charge in [-0.05, 0) is 19.4 Å². The van der Waals surface area contributed by atoms with Gasteiger partial charge in [-0.15, -0.1) is 0 Å². The van der Waals surface area contributed by atoms with Crippen LogP contribution in [0, 0.1) is 0 Å². The Morgan fingerprint density at radius 3 is 2.52 bits per heavy atom. The fraction of sp³-hybridized carbons (Fsp3) is 0.250. The molecule has 1 aromatic heterocycles. The maximum Gasteiger partial charge on any atom is 0.274 e. The summed E-state index contributed by atoms with van der Waals surface area (Å²) in [5.41, 5.74) is 0.314. The molecule has 0 saturated heterocycles. The molecule has 0 aliphatic carbocycles. The van der Waals surface area contributed by atoms with Crippen molar-refractivity contribution in [1.29, 1.82) is 0 Å². The Morgan fingerprint density at radius 2 is 1.90 bits per heavy atom. The van der Waals surface area contributed by atoms with Gasteiger partial charge in [0.1, 0.15) is 0 Å². The van der Waals surface area contributed by atoms with Gasteiger partial charge in [-0.25, -0.2) is 4.98 Å². The Balaban J connectivity index is 2.26.